The van der Waals surface area contributed by atoms with Crippen LogP contribution in [0.1, 0.15) is 0 Å². The fourth-order valence-corrected chi connectivity index (χ4v) is 21.3. The topological polar surface area (TPSA) is 83.6 Å². The van der Waals surface area contributed by atoms with Crippen molar-refractivity contribution in [3.63, 3.8) is 0 Å². The van der Waals surface area contributed by atoms with Gasteiger partial charge in [0.15, 0.2) is 0 Å². The number of rotatable bonds is 4. The van der Waals surface area contributed by atoms with Crippen LogP contribution < -0.4 is 0 Å². The monoisotopic (exact) mass is 594 g/mol. The lowest BCUT2D eigenvalue weighted by atomic mass is 13.8. The van der Waals surface area contributed by atoms with Gasteiger partial charge in [-0.1, -0.05) is 0 Å². The van der Waals surface area contributed by atoms with Gasteiger partial charge in [0.1, 0.15) is 0 Å². The van der Waals surface area contributed by atoms with Crippen LogP contribution in [0.4, 0.5) is 0 Å². The summed E-state index contributed by atoms with van der Waals surface area (Å²) >= 11 is 50.5. The van der Waals surface area contributed by atoms with Crippen molar-refractivity contribution in [1.82, 2.24) is 0 Å². The van der Waals surface area contributed by atoms with Gasteiger partial charge < -0.3 is 0 Å². The summed E-state index contributed by atoms with van der Waals surface area (Å²) < 4.78 is 35.2. The molecular weight excluding hydrogens is 599 g/mol. The molecule has 0 bridgehead atoms. The highest BCUT2D eigenvalue weighted by Gasteiger charge is 2.28. The molecule has 6 nitrogen and oxygen atoms in total. The van der Waals surface area contributed by atoms with Gasteiger partial charge in [-0.3, -0.25) is 0 Å². The van der Waals surface area contributed by atoms with Crippen molar-refractivity contribution in [2.75, 3.05) is 0 Å². The average molecular weight is 599 g/mol. The Labute approximate surface area is 168 Å². The Hall–Kier alpha value is 3.77. The molecule has 0 aromatic rings. The summed E-state index contributed by atoms with van der Waals surface area (Å²) in [5.74, 6) is -3.97. The van der Waals surface area contributed by atoms with Crippen molar-refractivity contribution in [1.29, 1.82) is 0 Å². The second-order valence-corrected chi connectivity index (χ2v) is 27.5. The van der Waals surface area contributed by atoms with E-state index in [0.717, 1.165) is 0 Å². The van der Waals surface area contributed by atoms with Gasteiger partial charge in [-0.15, -0.1) is 4.15 Å². The summed E-state index contributed by atoms with van der Waals surface area (Å²) in [7, 11) is 0.426. The first kappa shape index (κ1) is 24.8. The molecule has 0 rings (SSSR count). The minimum atomic E-state index is -4.46. The summed E-state index contributed by atoms with van der Waals surface area (Å²) in [6, 6.07) is 0. The van der Waals surface area contributed by atoms with E-state index in [4.69, 9.17) is 112 Å². The Morgan fingerprint density at radius 3 is 1.24 bits per heavy atom. The van der Waals surface area contributed by atoms with Crippen LogP contribution in [0.2, 0.25) is 0 Å². The maximum Gasteiger partial charge on any atom is 0.342 e. The highest BCUT2D eigenvalue weighted by Crippen LogP contribution is 2.84. The lowest BCUT2D eigenvalue weighted by Gasteiger charge is -2.12. The van der Waals surface area contributed by atoms with E-state index >= 15 is 0 Å². The molecule has 0 saturated heterocycles. The Bertz CT molecular complexity index is 672. The van der Waals surface area contributed by atoms with Crippen LogP contribution in [-0.2, 0) is 9.24 Å². The minimum Gasteiger partial charge on any atom is -0.187 e. The second-order valence-electron chi connectivity index (χ2n) is 2.55. The maximum atomic E-state index is 10.9. The van der Waals surface area contributed by atoms with Crippen molar-refractivity contribution in [3.05, 3.63) is 0 Å². The second kappa shape index (κ2) is 8.64. The first-order valence-corrected chi connectivity index (χ1v) is 20.8. The van der Waals surface area contributed by atoms with Crippen LogP contribution in [0.5, 0.6) is 0 Å². The zero-order valence-electron chi connectivity index (χ0n) is 8.58. The quantitative estimate of drug-likeness (QED) is 0.238. The molecule has 0 radical (unpaired) electrons. The van der Waals surface area contributed by atoms with Gasteiger partial charge in [0.25, 0.3) is 12.6 Å². The van der Waals surface area contributed by atoms with E-state index in [9.17, 15) is 8.42 Å². The molecule has 21 heavy (non-hydrogen) atoms. The maximum absolute atomic E-state index is 10.9. The normalized spacial score (nSPS) is 14.6. The molecule has 0 spiro atoms. The van der Waals surface area contributed by atoms with E-state index in [2.05, 4.69) is 17.7 Å². The molecule has 0 fully saturated rings. The Morgan fingerprint density at radius 2 is 1.00 bits per heavy atom. The van der Waals surface area contributed by atoms with E-state index in [1.54, 1.807) is 0 Å². The van der Waals surface area contributed by atoms with E-state index in [1.807, 2.05) is 0 Å². The lowest BCUT2D eigenvalue weighted by molar-refractivity contribution is 0.612. The van der Waals surface area contributed by atoms with Gasteiger partial charge in [-0.2, -0.15) is 22.0 Å². The Balaban J connectivity index is 6.62. The highest BCUT2D eigenvalue weighted by molar-refractivity contribution is 8.30. The molecule has 0 unspecified atom stereocenters. The van der Waals surface area contributed by atoms with Crippen molar-refractivity contribution < 1.29 is 8.42 Å². The molecule has 128 valence electrons. The van der Waals surface area contributed by atoms with Crippen molar-refractivity contribution in [2.45, 2.75) is 0 Å². The van der Waals surface area contributed by atoms with Crippen molar-refractivity contribution in [3.8, 4) is 0 Å². The molecule has 0 saturated carbocycles. The van der Waals surface area contributed by atoms with E-state index in [1.165, 1.54) is 0 Å². The van der Waals surface area contributed by atoms with Gasteiger partial charge in [0, 0.05) is 10.7 Å². The Kier molecular flexibility index (Phi) is 10.2. The summed E-state index contributed by atoms with van der Waals surface area (Å²) in [6.07, 6.45) is 0. The van der Waals surface area contributed by atoms with E-state index in [-0.39, 0.29) is 0 Å². The smallest absolute Gasteiger partial charge is 0.187 e. The van der Waals surface area contributed by atoms with Crippen molar-refractivity contribution in [2.24, 2.45) is 17.7 Å². The van der Waals surface area contributed by atoms with Crippen LogP contribution in [0.25, 0.3) is 0 Å². The third-order valence-electron chi connectivity index (χ3n) is 0.848. The predicted octanol–water partition coefficient (Wildman–Crippen LogP) is 10.4. The number of halogens is 10. The Morgan fingerprint density at radius 1 is 0.667 bits per heavy atom. The summed E-state index contributed by atoms with van der Waals surface area (Å²) in [4.78, 5) is 0. The molecule has 0 heterocycles. The van der Waals surface area contributed by atoms with Gasteiger partial charge in [-0.25, -0.2) is 0 Å². The molecule has 0 aliphatic carbocycles. The summed E-state index contributed by atoms with van der Waals surface area (Å²) in [5.41, 5.74) is 0. The largest absolute Gasteiger partial charge is 0.342 e. The average Bonchev–Trinajstić information content (AvgIpc) is 1.83. The first-order chi connectivity index (χ1) is 8.83. The van der Waals surface area contributed by atoms with Crippen LogP contribution in [0.3, 0.4) is 0 Å². The molecule has 21 heteroatoms. The zero-order valence-corrected chi connectivity index (χ0v) is 20.5. The number of nitrogens with zero attached hydrogens (tertiary/aromatic N) is 4. The van der Waals surface area contributed by atoms with E-state index < -0.39 is 32.1 Å². The molecule has 0 amide bonds. The lowest BCUT2D eigenvalue weighted by Crippen LogP contribution is -1.77. The predicted molar refractivity (Wildman–Crippen MR) is 105 cm³/mol. The number of hydrogen-bond acceptors (Lipinski definition) is 2. The zero-order chi connectivity index (χ0) is 17.3. The van der Waals surface area contributed by atoms with Gasteiger partial charge >= 0.3 is 9.24 Å². The van der Waals surface area contributed by atoms with Gasteiger partial charge in [0.05, 0.1) is 0 Å². The third-order valence-corrected chi connectivity index (χ3v) is 16.0. The first-order valence-electron chi connectivity index (χ1n) is 3.59. The van der Waals surface area contributed by atoms with Crippen LogP contribution in [0.15, 0.2) is 17.7 Å². The fraction of sp³-hybridized carbons (Fsp3) is 0. The number of hydrogen-bond donors (Lipinski definition) is 0. The molecule has 0 atom stereocenters. The van der Waals surface area contributed by atoms with Crippen LogP contribution in [-0.4, -0.2) is 8.42 Å². The molecule has 0 aromatic heterocycles. The standard InChI is InChI=1S/Cl10N4O2P4S/c1-17(2,3)11-20(9,12-18(4,5)6)13-19(7,8)14-21(10,15)16. The molecule has 0 N–H and O–H groups in total. The van der Waals surface area contributed by atoms with E-state index in [0.29, 0.717) is 0 Å². The van der Waals surface area contributed by atoms with Gasteiger partial charge in [-0.05, 0) is 101 Å². The van der Waals surface area contributed by atoms with Gasteiger partial charge in [0.2, 0.25) is 10.2 Å². The molecule has 0 aliphatic heterocycles. The summed E-state index contributed by atoms with van der Waals surface area (Å²) in [6.45, 7) is -3.90. The molecular formula is Cl10N4O2P4S. The van der Waals surface area contributed by atoms with Crippen LogP contribution in [0, 0.1) is 0 Å². The minimum absolute atomic E-state index is 2.89. The summed E-state index contributed by atoms with van der Waals surface area (Å²) in [5, 5.41) is -6.94. The highest BCUT2D eigenvalue weighted by atomic mass is 36.1. The molecule has 0 aliphatic rings. The molecule has 0 aromatic carbocycles. The third kappa shape index (κ3) is 14.6. The fourth-order valence-electron chi connectivity index (χ4n) is 0.582. The SMILES string of the molecule is O=S(=O)(Cl)N=P(Cl)(Cl)N=P(Cl)(N=P(Cl)(Cl)Cl)N=P(Cl)(Cl)Cl. The van der Waals surface area contributed by atoms with Crippen LogP contribution >= 0.6 is 135 Å². The van der Waals surface area contributed by atoms with Crippen molar-refractivity contribution >= 4 is 144 Å².